The highest BCUT2D eigenvalue weighted by molar-refractivity contribution is 5.84. The summed E-state index contributed by atoms with van der Waals surface area (Å²) in [6, 6.07) is 0. The predicted molar refractivity (Wildman–Crippen MR) is 37.3 cm³/mol. The molecule has 2 unspecified atom stereocenters. The quantitative estimate of drug-likeness (QED) is 0.496. The highest BCUT2D eigenvalue weighted by atomic mass is 16.2. The van der Waals surface area contributed by atoms with Crippen LogP contribution in [0.25, 0.3) is 0 Å². The molecule has 2 rings (SSSR count). The van der Waals surface area contributed by atoms with Crippen LogP contribution in [0.15, 0.2) is 0 Å². The van der Waals surface area contributed by atoms with Crippen LogP contribution in [0, 0.1) is 5.92 Å². The highest BCUT2D eigenvalue weighted by Gasteiger charge is 2.54. The summed E-state index contributed by atoms with van der Waals surface area (Å²) in [5.74, 6) is 0.395. The van der Waals surface area contributed by atoms with Gasteiger partial charge in [-0.15, -0.1) is 0 Å². The summed E-state index contributed by atoms with van der Waals surface area (Å²) in [4.78, 5) is 13.0. The molecule has 2 fully saturated rings. The SMILES string of the molecule is CN1CC2(N)CCC2C1=O. The Balaban J connectivity index is 2.25. The molecule has 10 heavy (non-hydrogen) atoms. The lowest BCUT2D eigenvalue weighted by Crippen LogP contribution is -2.55. The molecule has 2 N–H and O–H groups in total. The monoisotopic (exact) mass is 140 g/mol. The van der Waals surface area contributed by atoms with Gasteiger partial charge in [0.25, 0.3) is 0 Å². The Labute approximate surface area is 60.2 Å². The summed E-state index contributed by atoms with van der Waals surface area (Å²) >= 11 is 0. The maximum atomic E-state index is 11.2. The van der Waals surface area contributed by atoms with Crippen LogP contribution in [-0.4, -0.2) is 29.9 Å². The van der Waals surface area contributed by atoms with Crippen LogP contribution in [0.3, 0.4) is 0 Å². The Morgan fingerprint density at radius 2 is 2.50 bits per heavy atom. The number of carbonyl (C=O) groups is 1. The maximum Gasteiger partial charge on any atom is 0.227 e. The third kappa shape index (κ3) is 0.515. The summed E-state index contributed by atoms with van der Waals surface area (Å²) in [6.07, 6.45) is 2.02. The third-order valence-corrected chi connectivity index (χ3v) is 2.80. The topological polar surface area (TPSA) is 46.3 Å². The number of nitrogens with two attached hydrogens (primary N) is 1. The molecule has 1 amide bonds. The highest BCUT2D eigenvalue weighted by Crippen LogP contribution is 2.42. The standard InChI is InChI=1S/C7H12N2O/c1-9-4-7(8)3-2-5(7)6(9)10/h5H,2-4,8H2,1H3. The predicted octanol–water partition coefficient (Wildman–Crippen LogP) is -0.434. The summed E-state index contributed by atoms with van der Waals surface area (Å²) < 4.78 is 0. The fourth-order valence-corrected chi connectivity index (χ4v) is 2.00. The minimum atomic E-state index is -0.147. The number of rotatable bonds is 0. The molecule has 1 aliphatic carbocycles. The lowest BCUT2D eigenvalue weighted by atomic mass is 9.69. The fourth-order valence-electron chi connectivity index (χ4n) is 2.00. The average molecular weight is 140 g/mol. The van der Waals surface area contributed by atoms with Crippen LogP contribution in [0.4, 0.5) is 0 Å². The van der Waals surface area contributed by atoms with Gasteiger partial charge in [-0.05, 0) is 12.8 Å². The second kappa shape index (κ2) is 1.53. The zero-order valence-corrected chi connectivity index (χ0v) is 6.13. The largest absolute Gasteiger partial charge is 0.344 e. The first kappa shape index (κ1) is 6.16. The second-order valence-electron chi connectivity index (χ2n) is 3.52. The van der Waals surface area contributed by atoms with Crippen molar-refractivity contribution in [2.45, 2.75) is 18.4 Å². The van der Waals surface area contributed by atoms with Gasteiger partial charge in [-0.25, -0.2) is 0 Å². The van der Waals surface area contributed by atoms with Crippen molar-refractivity contribution < 1.29 is 4.79 Å². The third-order valence-electron chi connectivity index (χ3n) is 2.80. The van der Waals surface area contributed by atoms with Crippen molar-refractivity contribution in [2.24, 2.45) is 11.7 Å². The molecule has 0 aromatic rings. The van der Waals surface area contributed by atoms with Crippen LogP contribution in [0.1, 0.15) is 12.8 Å². The first-order chi connectivity index (χ1) is 4.63. The lowest BCUT2D eigenvalue weighted by molar-refractivity contribution is -0.131. The van der Waals surface area contributed by atoms with Gasteiger partial charge in [-0.3, -0.25) is 4.79 Å². The van der Waals surface area contributed by atoms with Crippen LogP contribution >= 0.6 is 0 Å². The summed E-state index contributed by atoms with van der Waals surface area (Å²) in [5.41, 5.74) is 5.78. The van der Waals surface area contributed by atoms with E-state index in [-0.39, 0.29) is 17.4 Å². The Morgan fingerprint density at radius 1 is 1.80 bits per heavy atom. The van der Waals surface area contributed by atoms with Crippen LogP contribution in [0.2, 0.25) is 0 Å². The van der Waals surface area contributed by atoms with E-state index in [0.717, 1.165) is 19.4 Å². The molecule has 1 saturated heterocycles. The number of likely N-dealkylation sites (N-methyl/N-ethyl adjacent to an activating group) is 1. The minimum absolute atomic E-state index is 0.147. The minimum Gasteiger partial charge on any atom is -0.344 e. The van der Waals surface area contributed by atoms with E-state index in [4.69, 9.17) is 5.73 Å². The van der Waals surface area contributed by atoms with Crippen LogP contribution in [-0.2, 0) is 4.79 Å². The Morgan fingerprint density at radius 3 is 2.70 bits per heavy atom. The Hall–Kier alpha value is -0.570. The van der Waals surface area contributed by atoms with E-state index in [2.05, 4.69) is 0 Å². The fraction of sp³-hybridized carbons (Fsp3) is 0.857. The van der Waals surface area contributed by atoms with Crippen molar-refractivity contribution >= 4 is 5.91 Å². The van der Waals surface area contributed by atoms with E-state index in [9.17, 15) is 4.79 Å². The number of carbonyl (C=O) groups excluding carboxylic acids is 1. The summed E-state index contributed by atoms with van der Waals surface area (Å²) in [6.45, 7) is 0.760. The molecule has 0 aromatic heterocycles. The molecule has 56 valence electrons. The lowest BCUT2D eigenvalue weighted by Gasteiger charge is -2.38. The summed E-state index contributed by atoms with van der Waals surface area (Å²) in [7, 11) is 1.83. The van der Waals surface area contributed by atoms with E-state index in [1.807, 2.05) is 7.05 Å². The van der Waals surface area contributed by atoms with Gasteiger partial charge < -0.3 is 10.6 Å². The number of hydrogen-bond donors (Lipinski definition) is 1. The van der Waals surface area contributed by atoms with Crippen molar-refractivity contribution in [3.8, 4) is 0 Å². The number of likely N-dealkylation sites (tertiary alicyclic amines) is 1. The van der Waals surface area contributed by atoms with Crippen molar-refractivity contribution in [1.82, 2.24) is 4.90 Å². The van der Waals surface area contributed by atoms with Gasteiger partial charge in [0.2, 0.25) is 5.91 Å². The zero-order valence-electron chi connectivity index (χ0n) is 6.13. The molecule has 2 aliphatic rings. The van der Waals surface area contributed by atoms with E-state index in [1.165, 1.54) is 0 Å². The molecule has 3 nitrogen and oxygen atoms in total. The van der Waals surface area contributed by atoms with Gasteiger partial charge >= 0.3 is 0 Å². The first-order valence-corrected chi connectivity index (χ1v) is 3.67. The molecule has 0 radical (unpaired) electrons. The Bertz CT molecular complexity index is 192. The van der Waals surface area contributed by atoms with Crippen molar-refractivity contribution in [1.29, 1.82) is 0 Å². The molecule has 1 aliphatic heterocycles. The second-order valence-corrected chi connectivity index (χ2v) is 3.52. The molecule has 0 aromatic carbocycles. The molecule has 0 spiro atoms. The number of hydrogen-bond acceptors (Lipinski definition) is 2. The van der Waals surface area contributed by atoms with Crippen molar-refractivity contribution in [3.05, 3.63) is 0 Å². The van der Waals surface area contributed by atoms with Gasteiger partial charge in [0.15, 0.2) is 0 Å². The first-order valence-electron chi connectivity index (χ1n) is 3.67. The van der Waals surface area contributed by atoms with E-state index in [0.29, 0.717) is 0 Å². The summed E-state index contributed by atoms with van der Waals surface area (Å²) in [5, 5.41) is 0. The van der Waals surface area contributed by atoms with E-state index in [1.54, 1.807) is 4.90 Å². The number of nitrogens with zero attached hydrogens (tertiary/aromatic N) is 1. The molecular weight excluding hydrogens is 128 g/mol. The zero-order chi connectivity index (χ0) is 7.35. The Kier molecular flexibility index (Phi) is 0.944. The molecular formula is C7H12N2O. The van der Waals surface area contributed by atoms with Crippen LogP contribution < -0.4 is 5.73 Å². The van der Waals surface area contributed by atoms with Crippen molar-refractivity contribution in [2.75, 3.05) is 13.6 Å². The number of fused-ring (bicyclic) bond motifs is 1. The molecule has 3 heteroatoms. The van der Waals surface area contributed by atoms with Gasteiger partial charge in [0.1, 0.15) is 0 Å². The van der Waals surface area contributed by atoms with Crippen LogP contribution in [0.5, 0.6) is 0 Å². The smallest absolute Gasteiger partial charge is 0.227 e. The molecule has 2 atom stereocenters. The van der Waals surface area contributed by atoms with E-state index >= 15 is 0 Å². The van der Waals surface area contributed by atoms with Gasteiger partial charge in [0, 0.05) is 19.1 Å². The van der Waals surface area contributed by atoms with E-state index < -0.39 is 0 Å². The number of amides is 1. The van der Waals surface area contributed by atoms with Gasteiger partial charge in [-0.2, -0.15) is 0 Å². The molecule has 0 bridgehead atoms. The van der Waals surface area contributed by atoms with Gasteiger partial charge in [-0.1, -0.05) is 0 Å². The molecule has 1 heterocycles. The normalized spacial score (nSPS) is 45.2. The van der Waals surface area contributed by atoms with Gasteiger partial charge in [0.05, 0.1) is 5.92 Å². The molecule has 1 saturated carbocycles. The average Bonchev–Trinajstić information content (AvgIpc) is 1.95. The van der Waals surface area contributed by atoms with Crippen molar-refractivity contribution in [3.63, 3.8) is 0 Å². The maximum absolute atomic E-state index is 11.2.